The SMILES string of the molecule is NC(=O)c1c(NC(=O)c2ccc(C(=O)c3ccccc3)cc2)sc2c1CCC2. The van der Waals surface area contributed by atoms with Crippen LogP contribution in [-0.2, 0) is 12.8 Å². The molecule has 0 aliphatic heterocycles. The third kappa shape index (κ3) is 3.34. The Kier molecular flexibility index (Phi) is 4.79. The van der Waals surface area contributed by atoms with E-state index in [1.54, 1.807) is 36.4 Å². The van der Waals surface area contributed by atoms with Crippen molar-refractivity contribution in [2.75, 3.05) is 5.32 Å². The summed E-state index contributed by atoms with van der Waals surface area (Å²) in [7, 11) is 0. The van der Waals surface area contributed by atoms with Crippen molar-refractivity contribution in [1.29, 1.82) is 0 Å². The number of carbonyl (C=O) groups excluding carboxylic acids is 3. The van der Waals surface area contributed by atoms with Crippen LogP contribution >= 0.6 is 11.3 Å². The molecule has 0 saturated carbocycles. The van der Waals surface area contributed by atoms with Crippen LogP contribution in [0.1, 0.15) is 53.5 Å². The minimum atomic E-state index is -0.515. The monoisotopic (exact) mass is 390 g/mol. The summed E-state index contributed by atoms with van der Waals surface area (Å²) in [5.74, 6) is -0.946. The predicted molar refractivity (Wildman–Crippen MR) is 109 cm³/mol. The molecule has 2 amide bonds. The van der Waals surface area contributed by atoms with Crippen LogP contribution in [0.15, 0.2) is 54.6 Å². The van der Waals surface area contributed by atoms with Crippen LogP contribution in [0.2, 0.25) is 0 Å². The van der Waals surface area contributed by atoms with Crippen LogP contribution in [-0.4, -0.2) is 17.6 Å². The number of carbonyl (C=O) groups is 3. The van der Waals surface area contributed by atoms with Crippen molar-refractivity contribution in [2.24, 2.45) is 5.73 Å². The molecule has 0 fully saturated rings. The Morgan fingerprint density at radius 2 is 1.50 bits per heavy atom. The number of benzene rings is 2. The number of nitrogens with two attached hydrogens (primary N) is 1. The number of primary amides is 1. The van der Waals surface area contributed by atoms with E-state index in [0.29, 0.717) is 27.3 Å². The first-order valence-electron chi connectivity index (χ1n) is 9.00. The van der Waals surface area contributed by atoms with Gasteiger partial charge in [0, 0.05) is 21.6 Å². The van der Waals surface area contributed by atoms with Gasteiger partial charge in [-0.15, -0.1) is 11.3 Å². The quantitative estimate of drug-likeness (QED) is 0.649. The minimum absolute atomic E-state index is 0.0988. The summed E-state index contributed by atoms with van der Waals surface area (Å²) in [6.45, 7) is 0. The molecule has 0 bridgehead atoms. The molecule has 0 spiro atoms. The highest BCUT2D eigenvalue weighted by Gasteiger charge is 2.26. The second-order valence-electron chi connectivity index (χ2n) is 6.65. The molecule has 4 rings (SSSR count). The molecule has 1 heterocycles. The summed E-state index contributed by atoms with van der Waals surface area (Å²) >= 11 is 1.42. The second-order valence-corrected chi connectivity index (χ2v) is 7.76. The molecule has 3 aromatic rings. The first-order chi connectivity index (χ1) is 13.5. The van der Waals surface area contributed by atoms with Gasteiger partial charge in [0.2, 0.25) is 0 Å². The highest BCUT2D eigenvalue weighted by atomic mass is 32.1. The van der Waals surface area contributed by atoms with Crippen LogP contribution in [0.3, 0.4) is 0 Å². The van der Waals surface area contributed by atoms with Gasteiger partial charge in [0.05, 0.1) is 5.56 Å². The fraction of sp³-hybridized carbons (Fsp3) is 0.136. The Balaban J connectivity index is 1.54. The molecule has 1 aliphatic rings. The molecule has 28 heavy (non-hydrogen) atoms. The third-order valence-corrected chi connectivity index (χ3v) is 6.05. The van der Waals surface area contributed by atoms with Crippen molar-refractivity contribution in [3.8, 4) is 0 Å². The van der Waals surface area contributed by atoms with Crippen LogP contribution in [0.5, 0.6) is 0 Å². The summed E-state index contributed by atoms with van der Waals surface area (Å²) in [6.07, 6.45) is 2.73. The van der Waals surface area contributed by atoms with E-state index in [0.717, 1.165) is 29.7 Å². The van der Waals surface area contributed by atoms with Crippen molar-refractivity contribution in [2.45, 2.75) is 19.3 Å². The van der Waals surface area contributed by atoms with Crippen LogP contribution in [0, 0.1) is 0 Å². The Morgan fingerprint density at radius 1 is 0.857 bits per heavy atom. The number of nitrogens with one attached hydrogen (secondary N) is 1. The average Bonchev–Trinajstić information content (AvgIpc) is 3.28. The Labute approximate surface area is 166 Å². The van der Waals surface area contributed by atoms with E-state index in [-0.39, 0.29) is 11.7 Å². The van der Waals surface area contributed by atoms with Crippen LogP contribution in [0.25, 0.3) is 0 Å². The third-order valence-electron chi connectivity index (χ3n) is 4.84. The molecular weight excluding hydrogens is 372 g/mol. The van der Waals surface area contributed by atoms with Crippen LogP contribution in [0.4, 0.5) is 5.00 Å². The van der Waals surface area contributed by atoms with Gasteiger partial charge in [-0.25, -0.2) is 0 Å². The Bertz CT molecular complexity index is 1070. The van der Waals surface area contributed by atoms with Gasteiger partial charge < -0.3 is 11.1 Å². The molecule has 2 aromatic carbocycles. The molecular formula is C22H18N2O3S. The smallest absolute Gasteiger partial charge is 0.256 e. The lowest BCUT2D eigenvalue weighted by Gasteiger charge is -2.07. The zero-order chi connectivity index (χ0) is 19.7. The number of ketones is 1. The molecule has 0 radical (unpaired) electrons. The lowest BCUT2D eigenvalue weighted by atomic mass is 10.0. The van der Waals surface area contributed by atoms with Gasteiger partial charge in [-0.1, -0.05) is 42.5 Å². The summed E-state index contributed by atoms with van der Waals surface area (Å²) in [5.41, 5.74) is 8.45. The summed E-state index contributed by atoms with van der Waals surface area (Å²) in [6, 6.07) is 15.5. The van der Waals surface area contributed by atoms with E-state index in [4.69, 9.17) is 5.73 Å². The summed E-state index contributed by atoms with van der Waals surface area (Å²) in [4.78, 5) is 38.1. The molecule has 1 aliphatic carbocycles. The second kappa shape index (κ2) is 7.40. The number of anilines is 1. The predicted octanol–water partition coefficient (Wildman–Crippen LogP) is 3.82. The van der Waals surface area contributed by atoms with Crippen molar-refractivity contribution >= 4 is 33.9 Å². The number of amides is 2. The van der Waals surface area contributed by atoms with Gasteiger partial charge in [0.1, 0.15) is 5.00 Å². The first-order valence-corrected chi connectivity index (χ1v) is 9.81. The van der Waals surface area contributed by atoms with Crippen molar-refractivity contribution in [3.05, 3.63) is 87.3 Å². The molecule has 5 nitrogen and oxygen atoms in total. The Morgan fingerprint density at radius 3 is 2.18 bits per heavy atom. The molecule has 1 aromatic heterocycles. The summed E-state index contributed by atoms with van der Waals surface area (Å²) < 4.78 is 0. The van der Waals surface area contributed by atoms with Crippen LogP contribution < -0.4 is 11.1 Å². The lowest BCUT2D eigenvalue weighted by Crippen LogP contribution is -2.18. The zero-order valence-corrected chi connectivity index (χ0v) is 15.8. The minimum Gasteiger partial charge on any atom is -0.365 e. The largest absolute Gasteiger partial charge is 0.365 e. The summed E-state index contributed by atoms with van der Waals surface area (Å²) in [5, 5.41) is 3.32. The van der Waals surface area contributed by atoms with Gasteiger partial charge in [-0.2, -0.15) is 0 Å². The molecule has 0 saturated heterocycles. The highest BCUT2D eigenvalue weighted by molar-refractivity contribution is 7.17. The van der Waals surface area contributed by atoms with E-state index in [9.17, 15) is 14.4 Å². The molecule has 0 atom stereocenters. The van der Waals surface area contributed by atoms with Gasteiger partial charge in [0.25, 0.3) is 11.8 Å². The Hall–Kier alpha value is -3.25. The number of rotatable bonds is 5. The molecule has 0 unspecified atom stereocenters. The number of aryl methyl sites for hydroxylation is 1. The molecule has 3 N–H and O–H groups in total. The van der Waals surface area contributed by atoms with Gasteiger partial charge in [-0.05, 0) is 37.0 Å². The highest BCUT2D eigenvalue weighted by Crippen LogP contribution is 2.39. The average molecular weight is 390 g/mol. The zero-order valence-electron chi connectivity index (χ0n) is 15.0. The van der Waals surface area contributed by atoms with Crippen molar-refractivity contribution < 1.29 is 14.4 Å². The standard InChI is InChI=1S/C22H18N2O3S/c23-20(26)18-16-7-4-8-17(16)28-22(18)24-21(27)15-11-9-14(10-12-15)19(25)13-5-2-1-3-6-13/h1-3,5-6,9-12H,4,7-8H2,(H2,23,26)(H,24,27). The van der Waals surface area contributed by atoms with E-state index >= 15 is 0 Å². The van der Waals surface area contributed by atoms with E-state index in [2.05, 4.69) is 5.32 Å². The van der Waals surface area contributed by atoms with Crippen molar-refractivity contribution in [1.82, 2.24) is 0 Å². The maximum Gasteiger partial charge on any atom is 0.256 e. The van der Waals surface area contributed by atoms with E-state index < -0.39 is 5.91 Å². The fourth-order valence-electron chi connectivity index (χ4n) is 3.46. The topological polar surface area (TPSA) is 89.3 Å². The van der Waals surface area contributed by atoms with E-state index in [1.807, 2.05) is 18.2 Å². The fourth-order valence-corrected chi connectivity index (χ4v) is 4.75. The number of thiophene rings is 1. The van der Waals surface area contributed by atoms with Gasteiger partial charge in [-0.3, -0.25) is 14.4 Å². The number of hydrogen-bond acceptors (Lipinski definition) is 4. The maximum atomic E-state index is 12.6. The number of hydrogen-bond donors (Lipinski definition) is 2. The van der Waals surface area contributed by atoms with Gasteiger partial charge in [0.15, 0.2) is 5.78 Å². The first kappa shape index (κ1) is 18.1. The van der Waals surface area contributed by atoms with E-state index in [1.165, 1.54) is 11.3 Å². The van der Waals surface area contributed by atoms with Gasteiger partial charge >= 0.3 is 0 Å². The molecule has 140 valence electrons. The maximum absolute atomic E-state index is 12.6. The molecule has 6 heteroatoms. The van der Waals surface area contributed by atoms with Crippen molar-refractivity contribution in [3.63, 3.8) is 0 Å². The lowest BCUT2D eigenvalue weighted by molar-refractivity contribution is 0.0998. The normalized spacial score (nSPS) is 12.4. The number of fused-ring (bicyclic) bond motifs is 1.